The molecule has 0 aliphatic carbocycles. The molecule has 1 atom stereocenters. The normalized spacial score (nSPS) is 12.4. The van der Waals surface area contributed by atoms with Crippen LogP contribution in [0.5, 0.6) is 0 Å². The molecular weight excluding hydrogens is 410 g/mol. The number of hydrogen-bond acceptors (Lipinski definition) is 2. The van der Waals surface area contributed by atoms with Crippen LogP contribution < -0.4 is 11.3 Å². The summed E-state index contributed by atoms with van der Waals surface area (Å²) in [6, 6.07) is 10.3. The standard InChI is InChI=1S/C14H12Br2ClFN2/c15-11-3-2-9(17)7-10(11)14(20-19)6-8-1-4-13(18)12(16)5-8/h1-5,7,14,20H,6,19H2. The molecule has 0 radical (unpaired) electrons. The van der Waals surface area contributed by atoms with Gasteiger partial charge in [0.2, 0.25) is 0 Å². The molecule has 0 aliphatic rings. The summed E-state index contributed by atoms with van der Waals surface area (Å²) >= 11 is 12.7. The zero-order valence-corrected chi connectivity index (χ0v) is 14.3. The van der Waals surface area contributed by atoms with Crippen LogP contribution in [-0.4, -0.2) is 0 Å². The van der Waals surface area contributed by atoms with Crippen LogP contribution in [-0.2, 0) is 6.42 Å². The number of nitrogens with two attached hydrogens (primary N) is 1. The molecule has 2 aromatic carbocycles. The van der Waals surface area contributed by atoms with Crippen molar-refractivity contribution in [2.24, 2.45) is 5.84 Å². The van der Waals surface area contributed by atoms with Gasteiger partial charge in [-0.2, -0.15) is 0 Å². The molecule has 2 aromatic rings. The predicted molar refractivity (Wildman–Crippen MR) is 87.0 cm³/mol. The molecule has 20 heavy (non-hydrogen) atoms. The lowest BCUT2D eigenvalue weighted by Crippen LogP contribution is -2.29. The average Bonchev–Trinajstić information content (AvgIpc) is 2.43. The number of hydrazine groups is 1. The highest BCUT2D eigenvalue weighted by atomic mass is 79.9. The summed E-state index contributed by atoms with van der Waals surface area (Å²) in [6.45, 7) is 0. The maximum Gasteiger partial charge on any atom is 0.137 e. The Morgan fingerprint density at radius 1 is 1.15 bits per heavy atom. The van der Waals surface area contributed by atoms with Crippen molar-refractivity contribution < 1.29 is 4.39 Å². The Balaban J connectivity index is 2.28. The third-order valence-corrected chi connectivity index (χ3v) is 4.52. The number of hydrogen-bond donors (Lipinski definition) is 2. The minimum atomic E-state index is -0.282. The van der Waals surface area contributed by atoms with Crippen LogP contribution in [0.25, 0.3) is 0 Å². The van der Waals surface area contributed by atoms with Gasteiger partial charge >= 0.3 is 0 Å². The van der Waals surface area contributed by atoms with E-state index in [-0.39, 0.29) is 11.9 Å². The summed E-state index contributed by atoms with van der Waals surface area (Å²) in [5.41, 5.74) is 4.70. The van der Waals surface area contributed by atoms with Gasteiger partial charge in [-0.1, -0.05) is 33.6 Å². The second-order valence-corrected chi connectivity index (χ2v) is 6.48. The van der Waals surface area contributed by atoms with Gasteiger partial charge in [0, 0.05) is 9.50 Å². The van der Waals surface area contributed by atoms with E-state index in [9.17, 15) is 4.39 Å². The topological polar surface area (TPSA) is 38.0 Å². The van der Waals surface area contributed by atoms with Crippen LogP contribution >= 0.6 is 43.5 Å². The predicted octanol–water partition coefficient (Wildman–Crippen LogP) is 4.75. The molecule has 0 saturated heterocycles. The van der Waals surface area contributed by atoms with Gasteiger partial charge in [0.1, 0.15) is 5.82 Å². The molecule has 0 saturated carbocycles. The summed E-state index contributed by atoms with van der Waals surface area (Å²) in [6.07, 6.45) is 0.619. The van der Waals surface area contributed by atoms with Crippen LogP contribution in [0.2, 0.25) is 5.02 Å². The first-order valence-electron chi connectivity index (χ1n) is 5.86. The van der Waals surface area contributed by atoms with Gasteiger partial charge in [0.05, 0.1) is 10.5 Å². The Hall–Kier alpha value is -0.460. The van der Waals surface area contributed by atoms with Crippen LogP contribution in [0, 0.1) is 5.82 Å². The van der Waals surface area contributed by atoms with Crippen molar-refractivity contribution in [2.75, 3.05) is 0 Å². The van der Waals surface area contributed by atoms with Gasteiger partial charge in [-0.15, -0.1) is 0 Å². The van der Waals surface area contributed by atoms with Crippen molar-refractivity contribution in [1.82, 2.24) is 5.43 Å². The van der Waals surface area contributed by atoms with Gasteiger partial charge in [-0.25, -0.2) is 4.39 Å². The maximum atomic E-state index is 13.2. The summed E-state index contributed by atoms with van der Waals surface area (Å²) in [5.74, 6) is 5.36. The van der Waals surface area contributed by atoms with E-state index in [0.29, 0.717) is 15.9 Å². The van der Waals surface area contributed by atoms with Crippen LogP contribution in [0.3, 0.4) is 0 Å². The summed E-state index contributed by atoms with van der Waals surface area (Å²) in [7, 11) is 0. The number of benzene rings is 2. The van der Waals surface area contributed by atoms with Gasteiger partial charge in [-0.3, -0.25) is 11.3 Å². The molecule has 0 aliphatic heterocycles. The van der Waals surface area contributed by atoms with E-state index < -0.39 is 0 Å². The highest BCUT2D eigenvalue weighted by Gasteiger charge is 2.15. The molecule has 1 unspecified atom stereocenters. The zero-order valence-electron chi connectivity index (χ0n) is 10.3. The SMILES string of the molecule is NNC(Cc1ccc(F)c(Br)c1)c1cc(Cl)ccc1Br. The first-order chi connectivity index (χ1) is 9.51. The van der Waals surface area contributed by atoms with E-state index in [1.54, 1.807) is 18.2 Å². The van der Waals surface area contributed by atoms with E-state index in [1.165, 1.54) is 6.07 Å². The largest absolute Gasteiger partial charge is 0.271 e. The molecule has 2 nitrogen and oxygen atoms in total. The zero-order chi connectivity index (χ0) is 14.7. The van der Waals surface area contributed by atoms with Gasteiger partial charge < -0.3 is 0 Å². The lowest BCUT2D eigenvalue weighted by Gasteiger charge is -2.18. The smallest absolute Gasteiger partial charge is 0.137 e. The lowest BCUT2D eigenvalue weighted by molar-refractivity contribution is 0.548. The Bertz CT molecular complexity index is 622. The fraction of sp³-hybridized carbons (Fsp3) is 0.143. The van der Waals surface area contributed by atoms with E-state index in [2.05, 4.69) is 37.3 Å². The van der Waals surface area contributed by atoms with E-state index in [4.69, 9.17) is 17.4 Å². The van der Waals surface area contributed by atoms with Gasteiger partial charge in [0.25, 0.3) is 0 Å². The molecule has 0 aromatic heterocycles. The first-order valence-corrected chi connectivity index (χ1v) is 7.82. The lowest BCUT2D eigenvalue weighted by atomic mass is 9.99. The summed E-state index contributed by atoms with van der Waals surface area (Å²) in [5, 5.41) is 0.642. The quantitative estimate of drug-likeness (QED) is 0.551. The van der Waals surface area contributed by atoms with Crippen molar-refractivity contribution in [1.29, 1.82) is 0 Å². The highest BCUT2D eigenvalue weighted by molar-refractivity contribution is 9.10. The fourth-order valence-electron chi connectivity index (χ4n) is 1.94. The molecule has 0 bridgehead atoms. The Labute approximate surface area is 138 Å². The van der Waals surface area contributed by atoms with Crippen molar-refractivity contribution in [3.05, 3.63) is 67.3 Å². The Kier molecular flexibility index (Phi) is 5.57. The van der Waals surface area contributed by atoms with Crippen LogP contribution in [0.4, 0.5) is 4.39 Å². The van der Waals surface area contributed by atoms with Gasteiger partial charge in [0.15, 0.2) is 0 Å². The number of nitrogens with one attached hydrogen (secondary N) is 1. The second-order valence-electron chi connectivity index (χ2n) is 4.34. The molecule has 106 valence electrons. The Morgan fingerprint density at radius 3 is 2.55 bits per heavy atom. The molecule has 3 N–H and O–H groups in total. The van der Waals surface area contributed by atoms with Crippen LogP contribution in [0.15, 0.2) is 45.3 Å². The molecule has 0 amide bonds. The number of rotatable bonds is 4. The molecular formula is C14H12Br2ClFN2. The third-order valence-electron chi connectivity index (χ3n) is 2.96. The van der Waals surface area contributed by atoms with Crippen molar-refractivity contribution in [3.63, 3.8) is 0 Å². The minimum Gasteiger partial charge on any atom is -0.271 e. The van der Waals surface area contributed by atoms with E-state index in [0.717, 1.165) is 15.6 Å². The summed E-state index contributed by atoms with van der Waals surface area (Å²) in [4.78, 5) is 0. The first kappa shape index (κ1) is 15.9. The number of halogens is 4. The molecule has 0 spiro atoms. The molecule has 6 heteroatoms. The third kappa shape index (κ3) is 3.80. The molecule has 0 heterocycles. The van der Waals surface area contributed by atoms with E-state index in [1.807, 2.05) is 12.1 Å². The summed E-state index contributed by atoms with van der Waals surface area (Å²) < 4.78 is 14.6. The van der Waals surface area contributed by atoms with Crippen molar-refractivity contribution in [3.8, 4) is 0 Å². The minimum absolute atomic E-state index is 0.125. The Morgan fingerprint density at radius 2 is 1.90 bits per heavy atom. The van der Waals surface area contributed by atoms with Gasteiger partial charge in [-0.05, 0) is 63.8 Å². The average molecular weight is 423 g/mol. The fourth-order valence-corrected chi connectivity index (χ4v) is 3.07. The van der Waals surface area contributed by atoms with Crippen LogP contribution in [0.1, 0.15) is 17.2 Å². The molecule has 0 fully saturated rings. The monoisotopic (exact) mass is 420 g/mol. The second kappa shape index (κ2) is 7.00. The molecule has 2 rings (SSSR count). The van der Waals surface area contributed by atoms with Crippen molar-refractivity contribution >= 4 is 43.5 Å². The maximum absolute atomic E-state index is 13.2. The van der Waals surface area contributed by atoms with Crippen molar-refractivity contribution in [2.45, 2.75) is 12.5 Å². The van der Waals surface area contributed by atoms with E-state index >= 15 is 0 Å². The highest BCUT2D eigenvalue weighted by Crippen LogP contribution is 2.29.